The van der Waals surface area contributed by atoms with Gasteiger partial charge in [0.15, 0.2) is 0 Å². The van der Waals surface area contributed by atoms with Crippen LogP contribution in [0.1, 0.15) is 18.4 Å². The first kappa shape index (κ1) is 17.5. The first-order chi connectivity index (χ1) is 12.1. The summed E-state index contributed by atoms with van der Waals surface area (Å²) in [5, 5.41) is 12.3. The molecule has 0 saturated carbocycles. The van der Waals surface area contributed by atoms with Gasteiger partial charge in [-0.15, -0.1) is 0 Å². The smallest absolute Gasteiger partial charge is 0.329 e. The monoisotopic (exact) mass is 355 g/mol. The number of carbonyl (C=O) groups excluding carboxylic acids is 1. The van der Waals surface area contributed by atoms with E-state index in [1.54, 1.807) is 11.8 Å². The molecule has 4 nitrogen and oxygen atoms in total. The quantitative estimate of drug-likeness (QED) is 0.863. The van der Waals surface area contributed by atoms with Gasteiger partial charge in [0.25, 0.3) is 0 Å². The minimum atomic E-state index is -1.10. The van der Waals surface area contributed by atoms with Crippen molar-refractivity contribution in [1.29, 1.82) is 0 Å². The zero-order valence-corrected chi connectivity index (χ0v) is 14.7. The summed E-state index contributed by atoms with van der Waals surface area (Å²) in [6.45, 7) is 0. The summed E-state index contributed by atoms with van der Waals surface area (Å²) in [5.41, 5.74) is 1.99. The molecule has 1 amide bonds. The molecular weight excluding hydrogens is 334 g/mol. The highest BCUT2D eigenvalue weighted by Gasteiger charge is 2.41. The summed E-state index contributed by atoms with van der Waals surface area (Å²) in [6, 6.07) is 17.9. The van der Waals surface area contributed by atoms with Crippen molar-refractivity contribution < 1.29 is 14.7 Å². The van der Waals surface area contributed by atoms with Gasteiger partial charge in [-0.25, -0.2) is 4.79 Å². The first-order valence-electron chi connectivity index (χ1n) is 8.36. The highest BCUT2D eigenvalue weighted by molar-refractivity contribution is 7.99. The number of amides is 1. The maximum atomic E-state index is 12.4. The summed E-state index contributed by atoms with van der Waals surface area (Å²) in [6.07, 6.45) is 1.15. The molecule has 25 heavy (non-hydrogen) atoms. The van der Waals surface area contributed by atoms with Crippen LogP contribution in [-0.2, 0) is 16.0 Å². The molecule has 0 aromatic heterocycles. The summed E-state index contributed by atoms with van der Waals surface area (Å²) in [4.78, 5) is 24.0. The van der Waals surface area contributed by atoms with E-state index in [1.807, 2.05) is 54.6 Å². The second-order valence-electron chi connectivity index (χ2n) is 6.29. The van der Waals surface area contributed by atoms with Gasteiger partial charge in [0.05, 0.1) is 6.42 Å². The van der Waals surface area contributed by atoms with E-state index in [2.05, 4.69) is 5.32 Å². The van der Waals surface area contributed by atoms with Gasteiger partial charge in [0.2, 0.25) is 5.91 Å². The molecule has 2 aromatic carbocycles. The fraction of sp³-hybridized carbons (Fsp3) is 0.300. The average Bonchev–Trinajstić information content (AvgIpc) is 2.63. The van der Waals surface area contributed by atoms with Crippen LogP contribution in [0.4, 0.5) is 0 Å². The van der Waals surface area contributed by atoms with Gasteiger partial charge in [-0.2, -0.15) is 11.8 Å². The van der Waals surface area contributed by atoms with Crippen molar-refractivity contribution in [2.75, 3.05) is 11.5 Å². The number of thioether (sulfide) groups is 1. The van der Waals surface area contributed by atoms with Crippen molar-refractivity contribution >= 4 is 23.6 Å². The molecule has 0 atom stereocenters. The summed E-state index contributed by atoms with van der Waals surface area (Å²) >= 11 is 1.73. The SMILES string of the molecule is O=C(Cc1ccc(-c2ccccc2)cc1)NC1(C(=O)O)CCSCC1. The summed E-state index contributed by atoms with van der Waals surface area (Å²) in [7, 11) is 0. The molecule has 0 unspecified atom stereocenters. The number of benzene rings is 2. The second-order valence-corrected chi connectivity index (χ2v) is 7.51. The number of rotatable bonds is 5. The molecule has 1 fully saturated rings. The molecule has 5 heteroatoms. The minimum Gasteiger partial charge on any atom is -0.480 e. The second kappa shape index (κ2) is 7.74. The largest absolute Gasteiger partial charge is 0.480 e. The summed E-state index contributed by atoms with van der Waals surface area (Å²) < 4.78 is 0. The Morgan fingerprint density at radius 2 is 1.56 bits per heavy atom. The van der Waals surface area contributed by atoms with Gasteiger partial charge < -0.3 is 10.4 Å². The number of hydrogen-bond donors (Lipinski definition) is 2. The van der Waals surface area contributed by atoms with Crippen LogP contribution in [0, 0.1) is 0 Å². The molecule has 1 saturated heterocycles. The lowest BCUT2D eigenvalue weighted by Crippen LogP contribution is -2.56. The van der Waals surface area contributed by atoms with Gasteiger partial charge in [-0.3, -0.25) is 4.79 Å². The van der Waals surface area contributed by atoms with Gasteiger partial charge >= 0.3 is 5.97 Å². The van der Waals surface area contributed by atoms with Crippen molar-refractivity contribution in [3.05, 3.63) is 60.2 Å². The molecule has 130 valence electrons. The number of hydrogen-bond acceptors (Lipinski definition) is 3. The molecule has 0 spiro atoms. The van der Waals surface area contributed by atoms with Crippen molar-refractivity contribution in [2.24, 2.45) is 0 Å². The lowest BCUT2D eigenvalue weighted by molar-refractivity contribution is -0.148. The van der Waals surface area contributed by atoms with Gasteiger partial charge in [-0.05, 0) is 41.0 Å². The Kier molecular flexibility index (Phi) is 5.43. The Hall–Kier alpha value is -2.27. The molecule has 3 rings (SSSR count). The molecule has 0 bridgehead atoms. The molecule has 2 aromatic rings. The van der Waals surface area contributed by atoms with Crippen molar-refractivity contribution in [2.45, 2.75) is 24.8 Å². The third-order valence-electron chi connectivity index (χ3n) is 4.56. The maximum Gasteiger partial charge on any atom is 0.329 e. The van der Waals surface area contributed by atoms with Crippen LogP contribution in [0.25, 0.3) is 11.1 Å². The van der Waals surface area contributed by atoms with Gasteiger partial charge in [0, 0.05) is 0 Å². The van der Waals surface area contributed by atoms with Crippen LogP contribution in [-0.4, -0.2) is 34.0 Å². The first-order valence-corrected chi connectivity index (χ1v) is 9.51. The van der Waals surface area contributed by atoms with E-state index in [1.165, 1.54) is 0 Å². The fourth-order valence-corrected chi connectivity index (χ4v) is 4.24. The van der Waals surface area contributed by atoms with Crippen LogP contribution in [0.2, 0.25) is 0 Å². The Morgan fingerprint density at radius 3 is 2.16 bits per heavy atom. The van der Waals surface area contributed by atoms with Crippen molar-refractivity contribution in [3.8, 4) is 11.1 Å². The topological polar surface area (TPSA) is 66.4 Å². The van der Waals surface area contributed by atoms with Gasteiger partial charge in [0.1, 0.15) is 5.54 Å². The highest BCUT2D eigenvalue weighted by Crippen LogP contribution is 2.27. The lowest BCUT2D eigenvalue weighted by Gasteiger charge is -2.33. The van der Waals surface area contributed by atoms with Gasteiger partial charge in [-0.1, -0.05) is 54.6 Å². The maximum absolute atomic E-state index is 12.4. The normalized spacial score (nSPS) is 16.2. The molecule has 1 heterocycles. The van der Waals surface area contributed by atoms with E-state index in [9.17, 15) is 14.7 Å². The Bertz CT molecular complexity index is 737. The zero-order chi connectivity index (χ0) is 17.7. The average molecular weight is 355 g/mol. The highest BCUT2D eigenvalue weighted by atomic mass is 32.2. The summed E-state index contributed by atoms with van der Waals surface area (Å²) in [5.74, 6) is 0.360. The predicted molar refractivity (Wildman–Crippen MR) is 101 cm³/mol. The van der Waals surface area contributed by atoms with Crippen molar-refractivity contribution in [1.82, 2.24) is 5.32 Å². The van der Waals surface area contributed by atoms with E-state index in [0.717, 1.165) is 28.2 Å². The number of carboxylic acids is 1. The standard InChI is InChI=1S/C20H21NO3S/c22-18(21-20(19(23)24)10-12-25-13-11-20)14-15-6-8-17(9-7-15)16-4-2-1-3-5-16/h1-9H,10-14H2,(H,21,22)(H,23,24). The number of aliphatic carboxylic acids is 1. The number of nitrogens with one attached hydrogen (secondary N) is 1. The minimum absolute atomic E-state index is 0.192. The fourth-order valence-electron chi connectivity index (χ4n) is 3.05. The predicted octanol–water partition coefficient (Wildman–Crippen LogP) is 3.36. The number of carbonyl (C=O) groups is 2. The van der Waals surface area contributed by atoms with E-state index in [-0.39, 0.29) is 12.3 Å². The Labute approximate surface area is 151 Å². The molecule has 1 aliphatic heterocycles. The Balaban J connectivity index is 1.65. The van der Waals surface area contributed by atoms with E-state index in [4.69, 9.17) is 0 Å². The third kappa shape index (κ3) is 4.23. The zero-order valence-electron chi connectivity index (χ0n) is 13.9. The third-order valence-corrected chi connectivity index (χ3v) is 5.55. The molecular formula is C20H21NO3S. The van der Waals surface area contributed by atoms with Crippen LogP contribution in [0.5, 0.6) is 0 Å². The molecule has 0 aliphatic carbocycles. The van der Waals surface area contributed by atoms with E-state index in [0.29, 0.717) is 12.8 Å². The Morgan fingerprint density at radius 1 is 0.960 bits per heavy atom. The molecule has 2 N–H and O–H groups in total. The molecule has 0 radical (unpaired) electrons. The number of carboxylic acid groups (broad SMARTS) is 1. The lowest BCUT2D eigenvalue weighted by atomic mass is 9.92. The van der Waals surface area contributed by atoms with Crippen LogP contribution in [0.15, 0.2) is 54.6 Å². The van der Waals surface area contributed by atoms with Crippen molar-refractivity contribution in [3.63, 3.8) is 0 Å². The van der Waals surface area contributed by atoms with Crippen LogP contribution in [0.3, 0.4) is 0 Å². The molecule has 1 aliphatic rings. The van der Waals surface area contributed by atoms with E-state index >= 15 is 0 Å². The van der Waals surface area contributed by atoms with Crippen LogP contribution < -0.4 is 5.32 Å². The van der Waals surface area contributed by atoms with E-state index < -0.39 is 11.5 Å². The van der Waals surface area contributed by atoms with Crippen LogP contribution >= 0.6 is 11.8 Å².